The maximum Gasteiger partial charge on any atom is 0.306 e. The molecule has 0 bridgehead atoms. The van der Waals surface area contributed by atoms with Gasteiger partial charge in [0, 0.05) is 23.2 Å². The number of ketones is 2. The number of Topliss-reactive ketones (excluding diaryl/α,β-unsaturated/α-hetero) is 2. The number of ether oxygens (including phenoxy) is 3. The molecule has 0 spiro atoms. The second-order valence-electron chi connectivity index (χ2n) is 6.79. The number of nitrogens with zero attached hydrogens (tertiary/aromatic N) is 1. The topological polar surface area (TPSA) is 122 Å². The van der Waals surface area contributed by atoms with E-state index in [1.807, 2.05) is 0 Å². The smallest absolute Gasteiger partial charge is 0.306 e. The molecule has 0 amide bonds. The lowest BCUT2D eigenvalue weighted by Gasteiger charge is -2.17. The molecule has 3 atom stereocenters. The van der Waals surface area contributed by atoms with E-state index in [4.69, 9.17) is 14.2 Å². The van der Waals surface area contributed by atoms with E-state index in [1.165, 1.54) is 20.3 Å². The Morgan fingerprint density at radius 3 is 2.57 bits per heavy atom. The molecule has 0 unspecified atom stereocenters. The van der Waals surface area contributed by atoms with Crippen molar-refractivity contribution in [3.63, 3.8) is 0 Å². The second kappa shape index (κ2) is 9.29. The fraction of sp³-hybridized carbons (Fsp3) is 0.526. The van der Waals surface area contributed by atoms with Gasteiger partial charge in [-0.2, -0.15) is 0 Å². The van der Waals surface area contributed by atoms with Crippen LogP contribution in [0, 0.1) is 27.9 Å². The van der Waals surface area contributed by atoms with Gasteiger partial charge in [0.2, 0.25) is 12.3 Å². The molecular formula is C19H23NO8. The fourth-order valence-electron chi connectivity index (χ4n) is 3.49. The van der Waals surface area contributed by atoms with Crippen LogP contribution in [0.25, 0.3) is 0 Å². The molecule has 28 heavy (non-hydrogen) atoms. The van der Waals surface area contributed by atoms with Crippen LogP contribution in [-0.2, 0) is 14.3 Å². The molecule has 0 heterocycles. The SMILES string of the molecule is COc1ccc(OC)c(C(=O)COC(=O)C[C@@H]2C(=O)C[C@H](C)[C@H]2C[N+](=O)[O-])c1. The van der Waals surface area contributed by atoms with Crippen LogP contribution in [-0.4, -0.2) is 49.8 Å². The Morgan fingerprint density at radius 1 is 1.25 bits per heavy atom. The molecule has 1 aromatic carbocycles. The van der Waals surface area contributed by atoms with Crippen LogP contribution in [0.4, 0.5) is 0 Å². The summed E-state index contributed by atoms with van der Waals surface area (Å²) in [6.07, 6.45) is -0.0689. The molecule has 2 rings (SSSR count). The van der Waals surface area contributed by atoms with E-state index in [2.05, 4.69) is 0 Å². The molecule has 152 valence electrons. The van der Waals surface area contributed by atoms with Gasteiger partial charge >= 0.3 is 5.97 Å². The Balaban J connectivity index is 1.99. The van der Waals surface area contributed by atoms with Gasteiger partial charge < -0.3 is 14.2 Å². The zero-order valence-electron chi connectivity index (χ0n) is 16.0. The van der Waals surface area contributed by atoms with E-state index >= 15 is 0 Å². The van der Waals surface area contributed by atoms with Gasteiger partial charge in [-0.05, 0) is 24.1 Å². The molecule has 0 radical (unpaired) electrons. The third-order valence-corrected chi connectivity index (χ3v) is 5.00. The Bertz CT molecular complexity index is 775. The van der Waals surface area contributed by atoms with Crippen molar-refractivity contribution in [3.05, 3.63) is 33.9 Å². The van der Waals surface area contributed by atoms with E-state index in [-0.39, 0.29) is 36.7 Å². The molecule has 1 saturated carbocycles. The number of rotatable bonds is 9. The van der Waals surface area contributed by atoms with Crippen molar-refractivity contribution >= 4 is 17.5 Å². The van der Waals surface area contributed by atoms with Crippen LogP contribution in [0.15, 0.2) is 18.2 Å². The summed E-state index contributed by atoms with van der Waals surface area (Å²) in [5, 5.41) is 10.8. The molecule has 9 heteroatoms. The molecular weight excluding hydrogens is 370 g/mol. The summed E-state index contributed by atoms with van der Waals surface area (Å²) in [7, 11) is 2.87. The van der Waals surface area contributed by atoms with E-state index < -0.39 is 35.1 Å². The Labute approximate surface area is 162 Å². The summed E-state index contributed by atoms with van der Waals surface area (Å²) < 4.78 is 15.2. The molecule has 9 nitrogen and oxygen atoms in total. The van der Waals surface area contributed by atoms with Crippen LogP contribution < -0.4 is 9.47 Å². The van der Waals surface area contributed by atoms with Crippen molar-refractivity contribution in [2.75, 3.05) is 27.4 Å². The van der Waals surface area contributed by atoms with Gasteiger partial charge in [0.1, 0.15) is 17.3 Å². The highest BCUT2D eigenvalue weighted by Crippen LogP contribution is 2.36. The van der Waals surface area contributed by atoms with E-state index in [0.717, 1.165) is 0 Å². The number of carbonyl (C=O) groups excluding carboxylic acids is 3. The van der Waals surface area contributed by atoms with Crippen LogP contribution in [0.3, 0.4) is 0 Å². The van der Waals surface area contributed by atoms with Crippen molar-refractivity contribution in [3.8, 4) is 11.5 Å². The predicted octanol–water partition coefficient (Wildman–Crippen LogP) is 1.94. The minimum absolute atomic E-state index is 0.168. The highest BCUT2D eigenvalue weighted by Gasteiger charge is 2.44. The van der Waals surface area contributed by atoms with Gasteiger partial charge in [0.05, 0.1) is 26.2 Å². The zero-order valence-corrected chi connectivity index (χ0v) is 16.0. The first kappa shape index (κ1) is 21.3. The number of nitro groups is 1. The first-order valence-electron chi connectivity index (χ1n) is 8.82. The van der Waals surface area contributed by atoms with Gasteiger partial charge in [-0.25, -0.2) is 0 Å². The quantitative estimate of drug-likeness (QED) is 0.270. The van der Waals surface area contributed by atoms with Gasteiger partial charge in [-0.3, -0.25) is 24.5 Å². The summed E-state index contributed by atoms with van der Waals surface area (Å²) in [6, 6.07) is 4.67. The minimum atomic E-state index is -0.755. The van der Waals surface area contributed by atoms with Crippen molar-refractivity contribution in [1.82, 2.24) is 0 Å². The molecule has 0 N–H and O–H groups in total. The van der Waals surface area contributed by atoms with Crippen LogP contribution >= 0.6 is 0 Å². The van der Waals surface area contributed by atoms with Crippen LogP contribution in [0.2, 0.25) is 0 Å². The second-order valence-corrected chi connectivity index (χ2v) is 6.79. The van der Waals surface area contributed by atoms with E-state index in [0.29, 0.717) is 11.5 Å². The summed E-state index contributed by atoms with van der Waals surface area (Å²) in [5.41, 5.74) is 0.200. The van der Waals surface area contributed by atoms with Crippen LogP contribution in [0.1, 0.15) is 30.1 Å². The van der Waals surface area contributed by atoms with Gasteiger partial charge in [0.25, 0.3) is 0 Å². The maximum absolute atomic E-state index is 12.4. The standard InChI is InChI=1S/C19H23NO8/c1-11-6-16(21)13(15(11)9-20(24)25)8-19(23)28-10-17(22)14-7-12(26-2)4-5-18(14)27-3/h4-5,7,11,13,15H,6,8-10H2,1-3H3/t11-,13-,15+/m0/s1. The molecule has 1 aliphatic carbocycles. The van der Waals surface area contributed by atoms with Gasteiger partial charge in [-0.1, -0.05) is 6.92 Å². The van der Waals surface area contributed by atoms with E-state index in [1.54, 1.807) is 19.1 Å². The molecule has 1 aliphatic rings. The minimum Gasteiger partial charge on any atom is -0.497 e. The highest BCUT2D eigenvalue weighted by molar-refractivity contribution is 6.00. The Kier molecular flexibility index (Phi) is 7.08. The number of hydrogen-bond acceptors (Lipinski definition) is 8. The molecule has 0 aromatic heterocycles. The summed E-state index contributed by atoms with van der Waals surface area (Å²) in [5.74, 6) is -2.08. The average molecular weight is 393 g/mol. The molecule has 1 fully saturated rings. The third-order valence-electron chi connectivity index (χ3n) is 5.00. The Morgan fingerprint density at radius 2 is 1.96 bits per heavy atom. The molecule has 0 aliphatic heterocycles. The highest BCUT2D eigenvalue weighted by atomic mass is 16.6. The lowest BCUT2D eigenvalue weighted by molar-refractivity contribution is -0.490. The number of hydrogen-bond donors (Lipinski definition) is 0. The van der Waals surface area contributed by atoms with Gasteiger partial charge in [-0.15, -0.1) is 0 Å². The third kappa shape index (κ3) is 5.05. The lowest BCUT2D eigenvalue weighted by Crippen LogP contribution is -2.28. The average Bonchev–Trinajstić information content (AvgIpc) is 2.91. The van der Waals surface area contributed by atoms with E-state index in [9.17, 15) is 24.5 Å². The first-order chi connectivity index (χ1) is 13.3. The number of methoxy groups -OCH3 is 2. The largest absolute Gasteiger partial charge is 0.497 e. The molecule has 0 saturated heterocycles. The first-order valence-corrected chi connectivity index (χ1v) is 8.82. The summed E-state index contributed by atoms with van der Waals surface area (Å²) in [4.78, 5) is 47.0. The van der Waals surface area contributed by atoms with Crippen molar-refractivity contribution < 1.29 is 33.5 Å². The molecule has 1 aromatic rings. The lowest BCUT2D eigenvalue weighted by atomic mass is 9.88. The summed E-state index contributed by atoms with van der Waals surface area (Å²) >= 11 is 0. The number of esters is 1. The monoisotopic (exact) mass is 393 g/mol. The zero-order chi connectivity index (χ0) is 20.8. The normalized spacial score (nSPS) is 21.2. The van der Waals surface area contributed by atoms with Crippen molar-refractivity contribution in [2.24, 2.45) is 17.8 Å². The van der Waals surface area contributed by atoms with Crippen molar-refractivity contribution in [2.45, 2.75) is 19.8 Å². The predicted molar refractivity (Wildman–Crippen MR) is 97.1 cm³/mol. The van der Waals surface area contributed by atoms with Crippen molar-refractivity contribution in [1.29, 1.82) is 0 Å². The summed E-state index contributed by atoms with van der Waals surface area (Å²) in [6.45, 7) is 0.861. The maximum atomic E-state index is 12.4. The fourth-order valence-corrected chi connectivity index (χ4v) is 3.49. The Hall–Kier alpha value is -2.97. The number of carbonyl (C=O) groups is 3. The van der Waals surface area contributed by atoms with Crippen LogP contribution in [0.5, 0.6) is 11.5 Å². The number of benzene rings is 1. The van der Waals surface area contributed by atoms with Gasteiger partial charge in [0.15, 0.2) is 6.61 Å².